The zero-order valence-corrected chi connectivity index (χ0v) is 14.8. The molecule has 1 amide bonds. The maximum absolute atomic E-state index is 11.9. The second-order valence-corrected chi connectivity index (χ2v) is 9.35. The van der Waals surface area contributed by atoms with Crippen LogP contribution in [-0.2, 0) is 15.7 Å². The van der Waals surface area contributed by atoms with E-state index in [0.717, 1.165) is 12.8 Å². The molecule has 0 aromatic carbocycles. The fraction of sp³-hybridized carbons (Fsp3) is 0.867. The number of carbonyl (C=O) groups excluding carboxylic acids is 1. The van der Waals surface area contributed by atoms with Crippen LogP contribution in [0.2, 0.25) is 0 Å². The maximum Gasteiger partial charge on any atom is 0.410 e. The molecule has 0 N–H and O–H groups in total. The standard InChI is InChI=1S/C15H28N2O3S/c1-14(2,3)20-13(18)17-9-7-12(8-10-17)11-16-21(19)15(4,5)6/h11-12H,7-10H2,1-6H3/b16-11+/t21-/m0/s1. The van der Waals surface area contributed by atoms with Gasteiger partial charge < -0.3 is 9.64 Å². The molecule has 0 radical (unpaired) electrons. The molecule has 1 aliphatic rings. The molecule has 0 unspecified atom stereocenters. The van der Waals surface area contributed by atoms with E-state index < -0.39 is 16.6 Å². The molecular formula is C15H28N2O3S. The van der Waals surface area contributed by atoms with Gasteiger partial charge in [-0.25, -0.2) is 9.00 Å². The summed E-state index contributed by atoms with van der Waals surface area (Å²) in [6, 6.07) is 0. The van der Waals surface area contributed by atoms with Gasteiger partial charge in [-0.1, -0.05) is 0 Å². The van der Waals surface area contributed by atoms with E-state index in [4.69, 9.17) is 4.74 Å². The van der Waals surface area contributed by atoms with Crippen molar-refractivity contribution in [2.24, 2.45) is 10.3 Å². The first-order valence-corrected chi connectivity index (χ1v) is 8.54. The number of hydrogen-bond acceptors (Lipinski definition) is 3. The molecule has 1 aliphatic heterocycles. The maximum atomic E-state index is 11.9. The van der Waals surface area contributed by atoms with Crippen LogP contribution in [0.15, 0.2) is 4.40 Å². The lowest BCUT2D eigenvalue weighted by Crippen LogP contribution is -2.42. The van der Waals surface area contributed by atoms with Gasteiger partial charge in [0.2, 0.25) is 0 Å². The van der Waals surface area contributed by atoms with Gasteiger partial charge in [0.05, 0.1) is 4.75 Å². The SMILES string of the molecule is CC(C)(C)OC(=O)N1CCC(/C=N/[S@@](=O)C(C)(C)C)CC1. The molecule has 6 heteroatoms. The lowest BCUT2D eigenvalue weighted by molar-refractivity contribution is 0.0203. The summed E-state index contributed by atoms with van der Waals surface area (Å²) in [6.07, 6.45) is 3.22. The fourth-order valence-corrected chi connectivity index (χ4v) is 2.46. The molecule has 0 bridgehead atoms. The lowest BCUT2D eigenvalue weighted by Gasteiger charge is -2.32. The summed E-state index contributed by atoms with van der Waals surface area (Å²) in [4.78, 5) is 13.7. The van der Waals surface area contributed by atoms with Gasteiger partial charge in [0.25, 0.3) is 0 Å². The first kappa shape index (κ1) is 18.1. The number of rotatable bonds is 2. The molecule has 0 aromatic heterocycles. The molecule has 1 heterocycles. The molecule has 1 rings (SSSR count). The van der Waals surface area contributed by atoms with Gasteiger partial charge in [-0.3, -0.25) is 0 Å². The number of hydrogen-bond donors (Lipinski definition) is 0. The second kappa shape index (κ2) is 6.90. The Morgan fingerprint density at radius 1 is 1.19 bits per heavy atom. The Labute approximate surface area is 130 Å². The number of amides is 1. The quantitative estimate of drug-likeness (QED) is 0.735. The van der Waals surface area contributed by atoms with E-state index in [-0.39, 0.29) is 16.8 Å². The van der Waals surface area contributed by atoms with Crippen LogP contribution >= 0.6 is 0 Å². The summed E-state index contributed by atoms with van der Waals surface area (Å²) in [5.74, 6) is 0.287. The molecule has 0 aromatic rings. The van der Waals surface area contributed by atoms with E-state index in [0.29, 0.717) is 13.1 Å². The number of ether oxygens (including phenoxy) is 1. The first-order chi connectivity index (χ1) is 9.49. The number of piperidine rings is 1. The number of carbonyl (C=O) groups is 1. The lowest BCUT2D eigenvalue weighted by atomic mass is 9.99. The van der Waals surface area contributed by atoms with E-state index in [1.165, 1.54) is 0 Å². The monoisotopic (exact) mass is 316 g/mol. The van der Waals surface area contributed by atoms with Crippen LogP contribution in [0.1, 0.15) is 54.4 Å². The van der Waals surface area contributed by atoms with Crippen molar-refractivity contribution in [3.05, 3.63) is 0 Å². The van der Waals surface area contributed by atoms with Crippen LogP contribution in [-0.4, -0.2) is 44.9 Å². The molecule has 5 nitrogen and oxygen atoms in total. The van der Waals surface area contributed by atoms with E-state index in [1.807, 2.05) is 41.5 Å². The van der Waals surface area contributed by atoms with Gasteiger partial charge in [0.15, 0.2) is 0 Å². The minimum atomic E-state index is -1.21. The van der Waals surface area contributed by atoms with Crippen molar-refractivity contribution in [3.8, 4) is 0 Å². The zero-order chi connectivity index (χ0) is 16.3. The smallest absolute Gasteiger partial charge is 0.410 e. The van der Waals surface area contributed by atoms with Gasteiger partial charge in [0, 0.05) is 19.3 Å². The molecule has 1 saturated heterocycles. The molecule has 21 heavy (non-hydrogen) atoms. The van der Waals surface area contributed by atoms with Gasteiger partial charge in [-0.05, 0) is 60.3 Å². The summed E-state index contributed by atoms with van der Waals surface area (Å²) in [5.41, 5.74) is -0.459. The highest BCUT2D eigenvalue weighted by atomic mass is 32.2. The van der Waals surface area contributed by atoms with Crippen molar-refractivity contribution < 1.29 is 13.7 Å². The van der Waals surface area contributed by atoms with Gasteiger partial charge in [0.1, 0.15) is 16.6 Å². The van der Waals surface area contributed by atoms with Crippen LogP contribution in [0.3, 0.4) is 0 Å². The minimum Gasteiger partial charge on any atom is -0.444 e. The van der Waals surface area contributed by atoms with Crippen molar-refractivity contribution in [2.45, 2.75) is 64.7 Å². The summed E-state index contributed by atoms with van der Waals surface area (Å²) < 4.78 is 21.1. The van der Waals surface area contributed by atoms with Crippen molar-refractivity contribution in [1.29, 1.82) is 0 Å². The average Bonchev–Trinajstić information content (AvgIpc) is 2.33. The van der Waals surface area contributed by atoms with Crippen molar-refractivity contribution in [2.75, 3.05) is 13.1 Å². The third-order valence-electron chi connectivity index (χ3n) is 3.08. The van der Waals surface area contributed by atoms with Gasteiger partial charge >= 0.3 is 6.09 Å². The Kier molecular flexibility index (Phi) is 5.96. The van der Waals surface area contributed by atoms with E-state index in [2.05, 4.69) is 4.40 Å². The Balaban J connectivity index is 2.44. The molecular weight excluding hydrogens is 288 g/mol. The molecule has 122 valence electrons. The highest BCUT2D eigenvalue weighted by molar-refractivity contribution is 7.85. The highest BCUT2D eigenvalue weighted by Crippen LogP contribution is 2.19. The van der Waals surface area contributed by atoms with E-state index in [1.54, 1.807) is 11.1 Å². The van der Waals surface area contributed by atoms with E-state index >= 15 is 0 Å². The Bertz CT molecular complexity index is 414. The molecule has 0 saturated carbocycles. The first-order valence-electron chi connectivity index (χ1n) is 7.43. The average molecular weight is 316 g/mol. The summed E-state index contributed by atoms with van der Waals surface area (Å²) in [7, 11) is -1.21. The van der Waals surface area contributed by atoms with Crippen LogP contribution in [0.5, 0.6) is 0 Å². The largest absolute Gasteiger partial charge is 0.444 e. The Hall–Kier alpha value is -0.910. The zero-order valence-electron chi connectivity index (χ0n) is 14.0. The summed E-state index contributed by atoms with van der Waals surface area (Å²) in [5, 5.41) is 0. The molecule has 1 fully saturated rings. The number of likely N-dealkylation sites (tertiary alicyclic amines) is 1. The minimum absolute atomic E-state index is 0.254. The topological polar surface area (TPSA) is 59.0 Å². The number of nitrogens with zero attached hydrogens (tertiary/aromatic N) is 2. The Morgan fingerprint density at radius 2 is 1.71 bits per heavy atom. The van der Waals surface area contributed by atoms with Gasteiger partial charge in [-0.15, -0.1) is 0 Å². The Morgan fingerprint density at radius 3 is 2.14 bits per heavy atom. The highest BCUT2D eigenvalue weighted by Gasteiger charge is 2.26. The summed E-state index contributed by atoms with van der Waals surface area (Å²) in [6.45, 7) is 12.6. The van der Waals surface area contributed by atoms with Crippen LogP contribution in [0.4, 0.5) is 4.79 Å². The second-order valence-electron chi connectivity index (χ2n) is 7.42. The predicted octanol–water partition coefficient (Wildman–Crippen LogP) is 3.17. The predicted molar refractivity (Wildman–Crippen MR) is 86.9 cm³/mol. The third kappa shape index (κ3) is 6.59. The fourth-order valence-electron chi connectivity index (χ4n) is 1.86. The van der Waals surface area contributed by atoms with Crippen LogP contribution in [0, 0.1) is 5.92 Å². The van der Waals surface area contributed by atoms with Crippen molar-refractivity contribution in [3.63, 3.8) is 0 Å². The normalized spacial score (nSPS) is 19.8. The van der Waals surface area contributed by atoms with Crippen LogP contribution in [0.25, 0.3) is 0 Å². The van der Waals surface area contributed by atoms with Crippen LogP contribution < -0.4 is 0 Å². The van der Waals surface area contributed by atoms with E-state index in [9.17, 15) is 9.00 Å². The van der Waals surface area contributed by atoms with Gasteiger partial charge in [-0.2, -0.15) is 4.40 Å². The van der Waals surface area contributed by atoms with Crippen molar-refractivity contribution >= 4 is 23.3 Å². The van der Waals surface area contributed by atoms with Crippen molar-refractivity contribution in [1.82, 2.24) is 4.90 Å². The molecule has 0 aliphatic carbocycles. The molecule has 0 spiro atoms. The third-order valence-corrected chi connectivity index (χ3v) is 4.44. The summed E-state index contributed by atoms with van der Waals surface area (Å²) >= 11 is 0. The molecule has 1 atom stereocenters.